The van der Waals surface area contributed by atoms with E-state index in [0.29, 0.717) is 18.1 Å². The van der Waals surface area contributed by atoms with Crippen molar-refractivity contribution in [1.29, 1.82) is 0 Å². The highest BCUT2D eigenvalue weighted by atomic mass is 16.1. The van der Waals surface area contributed by atoms with Crippen LogP contribution in [0, 0.1) is 0 Å². The van der Waals surface area contributed by atoms with Crippen molar-refractivity contribution in [3.05, 3.63) is 211 Å². The molecule has 248 valence electrons. The number of carbonyl (C=O) groups excluding carboxylic acids is 2. The van der Waals surface area contributed by atoms with Crippen molar-refractivity contribution in [1.82, 2.24) is 0 Å². The largest absolute Gasteiger partial charge is 0.310 e. The Kier molecular flexibility index (Phi) is 8.94. The summed E-state index contributed by atoms with van der Waals surface area (Å²) in [6.07, 6.45) is 1.30. The van der Waals surface area contributed by atoms with E-state index in [-0.39, 0.29) is 5.57 Å². The first-order valence-electron chi connectivity index (χ1n) is 17.2. The molecular formula is C48H34N2O2. The number of allylic oxidation sites excluding steroid dienone is 1. The van der Waals surface area contributed by atoms with Crippen LogP contribution in [0.1, 0.15) is 11.1 Å². The zero-order valence-electron chi connectivity index (χ0n) is 28.3. The molecule has 0 radical (unpaired) electrons. The number of benzene rings is 8. The Bertz CT molecular complexity index is 2290. The summed E-state index contributed by atoms with van der Waals surface area (Å²) in [5.74, 6) is 0. The first kappa shape index (κ1) is 32.2. The van der Waals surface area contributed by atoms with Gasteiger partial charge in [-0.25, -0.2) is 0 Å². The monoisotopic (exact) mass is 670 g/mol. The van der Waals surface area contributed by atoms with E-state index < -0.39 is 0 Å². The molecule has 0 aromatic heterocycles. The zero-order valence-corrected chi connectivity index (χ0v) is 28.3. The molecule has 8 aromatic carbocycles. The fraction of sp³-hybridized carbons (Fsp3) is 0. The number of hydrogen-bond donors (Lipinski definition) is 0. The van der Waals surface area contributed by atoms with Gasteiger partial charge in [0, 0.05) is 39.7 Å². The molecule has 0 aliphatic rings. The molecule has 0 saturated heterocycles. The number of carbonyl (C=O) groups is 2. The average molecular weight is 671 g/mol. The van der Waals surface area contributed by atoms with Crippen LogP contribution in [0.3, 0.4) is 0 Å². The highest BCUT2D eigenvalue weighted by Gasteiger charge is 2.17. The second-order valence-corrected chi connectivity index (χ2v) is 12.6. The summed E-state index contributed by atoms with van der Waals surface area (Å²) in [5, 5.41) is 4.10. The van der Waals surface area contributed by atoms with Crippen LogP contribution < -0.4 is 9.80 Å². The SMILES string of the molecule is O=CC(C=O)=C(c1ccc2cc(N(c3ccccc3)c3ccccc3)ccc2c1)c1ccc2cc(N(c3ccccc3)c3ccccc3)ccc2c1. The highest BCUT2D eigenvalue weighted by molar-refractivity contribution is 6.12. The summed E-state index contributed by atoms with van der Waals surface area (Å²) < 4.78 is 0. The van der Waals surface area contributed by atoms with Crippen LogP contribution in [0.15, 0.2) is 200 Å². The first-order valence-corrected chi connectivity index (χ1v) is 17.2. The first-order chi connectivity index (χ1) is 25.7. The minimum Gasteiger partial charge on any atom is -0.310 e. The van der Waals surface area contributed by atoms with E-state index in [1.54, 1.807) is 0 Å². The smallest absolute Gasteiger partial charge is 0.153 e. The molecule has 0 N–H and O–H groups in total. The molecule has 0 fully saturated rings. The van der Waals surface area contributed by atoms with E-state index in [9.17, 15) is 9.59 Å². The van der Waals surface area contributed by atoms with Gasteiger partial charge in [-0.2, -0.15) is 0 Å². The Balaban J connectivity index is 1.18. The highest BCUT2D eigenvalue weighted by Crippen LogP contribution is 2.39. The fourth-order valence-electron chi connectivity index (χ4n) is 6.90. The molecule has 0 spiro atoms. The van der Waals surface area contributed by atoms with E-state index >= 15 is 0 Å². The van der Waals surface area contributed by atoms with E-state index in [2.05, 4.69) is 119 Å². The lowest BCUT2D eigenvalue weighted by atomic mass is 9.90. The van der Waals surface area contributed by atoms with Crippen molar-refractivity contribution in [2.75, 3.05) is 9.80 Å². The zero-order chi connectivity index (χ0) is 35.3. The minimum atomic E-state index is 0.102. The number of fused-ring (bicyclic) bond motifs is 2. The number of hydrogen-bond acceptors (Lipinski definition) is 4. The van der Waals surface area contributed by atoms with Crippen LogP contribution in [0.2, 0.25) is 0 Å². The van der Waals surface area contributed by atoms with E-state index in [0.717, 1.165) is 66.8 Å². The average Bonchev–Trinajstić information content (AvgIpc) is 3.21. The second-order valence-electron chi connectivity index (χ2n) is 12.6. The predicted molar refractivity (Wildman–Crippen MR) is 215 cm³/mol. The lowest BCUT2D eigenvalue weighted by Crippen LogP contribution is -2.09. The number of aldehydes is 2. The maximum atomic E-state index is 12.3. The molecule has 0 heterocycles. The topological polar surface area (TPSA) is 40.6 Å². The fourth-order valence-corrected chi connectivity index (χ4v) is 6.90. The van der Waals surface area contributed by atoms with Gasteiger partial charge in [-0.3, -0.25) is 9.59 Å². The molecule has 0 aliphatic heterocycles. The van der Waals surface area contributed by atoms with Crippen LogP contribution in [0.5, 0.6) is 0 Å². The van der Waals surface area contributed by atoms with E-state index in [1.807, 2.05) is 84.9 Å². The quantitative estimate of drug-likeness (QED) is 0.0628. The van der Waals surface area contributed by atoms with Gasteiger partial charge in [0.05, 0.1) is 5.57 Å². The Morgan fingerprint density at radius 3 is 0.962 bits per heavy atom. The van der Waals surface area contributed by atoms with E-state index in [1.165, 1.54) is 0 Å². The van der Waals surface area contributed by atoms with Gasteiger partial charge in [0.2, 0.25) is 0 Å². The Hall–Kier alpha value is -7.04. The van der Waals surface area contributed by atoms with Gasteiger partial charge < -0.3 is 9.80 Å². The van der Waals surface area contributed by atoms with Gasteiger partial charge in [0.25, 0.3) is 0 Å². The van der Waals surface area contributed by atoms with Crippen LogP contribution in [-0.2, 0) is 9.59 Å². The van der Waals surface area contributed by atoms with Gasteiger partial charge in [-0.15, -0.1) is 0 Å². The summed E-state index contributed by atoms with van der Waals surface area (Å²) >= 11 is 0. The van der Waals surface area contributed by atoms with Gasteiger partial charge >= 0.3 is 0 Å². The Labute approximate surface area is 303 Å². The molecule has 0 aliphatic carbocycles. The lowest BCUT2D eigenvalue weighted by molar-refractivity contribution is -0.109. The van der Waals surface area contributed by atoms with Crippen molar-refractivity contribution in [2.24, 2.45) is 0 Å². The number of para-hydroxylation sites is 4. The molecule has 0 saturated carbocycles. The maximum Gasteiger partial charge on any atom is 0.153 e. The van der Waals surface area contributed by atoms with Gasteiger partial charge in [-0.05, 0) is 118 Å². The molecule has 0 atom stereocenters. The molecule has 0 bridgehead atoms. The molecule has 4 heteroatoms. The standard InChI is InChI=1S/C48H34N2O2/c51-33-41(34-52)48(39-23-21-37-31-46(27-25-35(37)29-39)49(42-13-5-1-6-14-42)43-15-7-2-8-16-43)40-24-22-38-32-47(28-26-36(38)30-40)50(44-17-9-3-10-18-44)45-19-11-4-12-20-45/h1-34H. The second kappa shape index (κ2) is 14.4. The third-order valence-electron chi connectivity index (χ3n) is 9.34. The Morgan fingerprint density at radius 2 is 0.635 bits per heavy atom. The molecule has 4 nitrogen and oxygen atoms in total. The molecule has 8 rings (SSSR count). The molecule has 8 aromatic rings. The molecule has 0 unspecified atom stereocenters. The Morgan fingerprint density at radius 1 is 0.327 bits per heavy atom. The van der Waals surface area contributed by atoms with Crippen molar-refractivity contribution in [3.8, 4) is 0 Å². The number of nitrogens with zero attached hydrogens (tertiary/aromatic N) is 2. The van der Waals surface area contributed by atoms with Crippen molar-refractivity contribution >= 4 is 73.8 Å². The summed E-state index contributed by atoms with van der Waals surface area (Å²) in [4.78, 5) is 29.1. The summed E-state index contributed by atoms with van der Waals surface area (Å²) in [6.45, 7) is 0. The van der Waals surface area contributed by atoms with Crippen LogP contribution in [0.4, 0.5) is 34.1 Å². The number of anilines is 6. The normalized spacial score (nSPS) is 10.8. The van der Waals surface area contributed by atoms with Gasteiger partial charge in [-0.1, -0.05) is 109 Å². The molecule has 52 heavy (non-hydrogen) atoms. The minimum absolute atomic E-state index is 0.102. The third kappa shape index (κ3) is 6.37. The lowest BCUT2D eigenvalue weighted by Gasteiger charge is -2.26. The summed E-state index contributed by atoms with van der Waals surface area (Å²) in [5.41, 5.74) is 8.61. The maximum absolute atomic E-state index is 12.3. The van der Waals surface area contributed by atoms with Crippen molar-refractivity contribution in [3.63, 3.8) is 0 Å². The summed E-state index contributed by atoms with van der Waals surface area (Å²) in [7, 11) is 0. The summed E-state index contributed by atoms with van der Waals surface area (Å²) in [6, 6.07) is 66.2. The number of rotatable bonds is 10. The molecule has 0 amide bonds. The predicted octanol–water partition coefficient (Wildman–Crippen LogP) is 12.1. The van der Waals surface area contributed by atoms with Crippen LogP contribution in [0.25, 0.3) is 27.1 Å². The van der Waals surface area contributed by atoms with Crippen LogP contribution >= 0.6 is 0 Å². The van der Waals surface area contributed by atoms with Crippen LogP contribution in [-0.4, -0.2) is 12.6 Å². The van der Waals surface area contributed by atoms with E-state index in [4.69, 9.17) is 0 Å². The molecular weight excluding hydrogens is 637 g/mol. The third-order valence-corrected chi connectivity index (χ3v) is 9.34. The van der Waals surface area contributed by atoms with Gasteiger partial charge in [0.1, 0.15) is 0 Å². The van der Waals surface area contributed by atoms with Crippen molar-refractivity contribution < 1.29 is 9.59 Å². The van der Waals surface area contributed by atoms with Gasteiger partial charge in [0.15, 0.2) is 12.6 Å². The van der Waals surface area contributed by atoms with Crippen molar-refractivity contribution in [2.45, 2.75) is 0 Å².